The van der Waals surface area contributed by atoms with Gasteiger partial charge in [0.15, 0.2) is 0 Å². The highest BCUT2D eigenvalue weighted by molar-refractivity contribution is 5.80. The van der Waals surface area contributed by atoms with Crippen LogP contribution in [0.4, 0.5) is 0 Å². The molecule has 1 unspecified atom stereocenters. The van der Waals surface area contributed by atoms with Crippen LogP contribution in [-0.2, 0) is 18.3 Å². The molecule has 0 aliphatic carbocycles. The van der Waals surface area contributed by atoms with Gasteiger partial charge in [0, 0.05) is 37.6 Å². The summed E-state index contributed by atoms with van der Waals surface area (Å²) in [6.45, 7) is 4.78. The quantitative estimate of drug-likeness (QED) is 0.798. The van der Waals surface area contributed by atoms with Gasteiger partial charge in [0.2, 0.25) is 0 Å². The Morgan fingerprint density at radius 3 is 2.78 bits per heavy atom. The van der Waals surface area contributed by atoms with E-state index in [0.29, 0.717) is 6.54 Å². The Balaban J connectivity index is 1.79. The first-order valence-electron chi connectivity index (χ1n) is 9.95. The molecule has 0 spiro atoms. The van der Waals surface area contributed by atoms with Crippen molar-refractivity contribution in [2.75, 3.05) is 19.6 Å². The molecule has 2 heterocycles. The molecular formula is C23H30N2O2. The third kappa shape index (κ3) is 4.69. The van der Waals surface area contributed by atoms with E-state index >= 15 is 0 Å². The standard InChI is InChI=1S/C23H30N2O2/c1-3-18-9-4-5-11-20(18)21(22-13-8-14-24(22)2)12-7-16-25-15-6-10-19(17-25)23(26)27/h4-5,8-9,11-14,19H,3,6-7,10,15-17H2,1-2H3,(H,26,27). The fourth-order valence-corrected chi connectivity index (χ4v) is 4.04. The largest absolute Gasteiger partial charge is 0.481 e. The number of carbonyl (C=O) groups is 1. The molecule has 27 heavy (non-hydrogen) atoms. The predicted molar refractivity (Wildman–Crippen MR) is 110 cm³/mol. The minimum Gasteiger partial charge on any atom is -0.481 e. The molecule has 4 heteroatoms. The molecule has 1 aliphatic heterocycles. The van der Waals surface area contributed by atoms with Crippen molar-refractivity contribution in [3.63, 3.8) is 0 Å². The summed E-state index contributed by atoms with van der Waals surface area (Å²) in [6, 6.07) is 12.9. The average Bonchev–Trinajstić information content (AvgIpc) is 3.11. The highest BCUT2D eigenvalue weighted by Gasteiger charge is 2.24. The minimum absolute atomic E-state index is 0.212. The molecule has 0 amide bonds. The fourth-order valence-electron chi connectivity index (χ4n) is 4.04. The lowest BCUT2D eigenvalue weighted by molar-refractivity contribution is -0.143. The minimum atomic E-state index is -0.656. The van der Waals surface area contributed by atoms with E-state index in [-0.39, 0.29) is 5.92 Å². The lowest BCUT2D eigenvalue weighted by Gasteiger charge is -2.30. The zero-order chi connectivity index (χ0) is 19.2. The van der Waals surface area contributed by atoms with E-state index in [2.05, 4.69) is 72.1 Å². The Morgan fingerprint density at radius 2 is 2.07 bits per heavy atom. The normalized spacial score (nSPS) is 18.6. The lowest BCUT2D eigenvalue weighted by Crippen LogP contribution is -2.39. The van der Waals surface area contributed by atoms with Gasteiger partial charge in [-0.05, 0) is 55.5 Å². The SMILES string of the molecule is CCc1ccccc1C(=CCCN1CCCC(C(=O)O)C1)c1cccn1C. The molecule has 1 aliphatic rings. The van der Waals surface area contributed by atoms with Crippen LogP contribution in [0.2, 0.25) is 0 Å². The van der Waals surface area contributed by atoms with E-state index in [9.17, 15) is 9.90 Å². The molecular weight excluding hydrogens is 336 g/mol. The first-order valence-corrected chi connectivity index (χ1v) is 9.95. The van der Waals surface area contributed by atoms with E-state index in [4.69, 9.17) is 0 Å². The third-order valence-electron chi connectivity index (χ3n) is 5.56. The number of aliphatic carboxylic acids is 1. The van der Waals surface area contributed by atoms with E-state index in [1.807, 2.05) is 0 Å². The topological polar surface area (TPSA) is 45.5 Å². The highest BCUT2D eigenvalue weighted by Crippen LogP contribution is 2.28. The summed E-state index contributed by atoms with van der Waals surface area (Å²) in [5, 5.41) is 9.29. The number of hydrogen-bond acceptors (Lipinski definition) is 2. The molecule has 4 nitrogen and oxygen atoms in total. The summed E-state index contributed by atoms with van der Waals surface area (Å²) in [6.07, 6.45) is 8.12. The van der Waals surface area contributed by atoms with Crippen LogP contribution in [0.25, 0.3) is 5.57 Å². The van der Waals surface area contributed by atoms with Crippen molar-refractivity contribution in [1.82, 2.24) is 9.47 Å². The molecule has 2 aromatic rings. The summed E-state index contributed by atoms with van der Waals surface area (Å²) in [4.78, 5) is 13.6. The van der Waals surface area contributed by atoms with Crippen molar-refractivity contribution in [3.8, 4) is 0 Å². The molecule has 0 radical (unpaired) electrons. The van der Waals surface area contributed by atoms with Gasteiger partial charge < -0.3 is 14.6 Å². The number of nitrogens with zero attached hydrogens (tertiary/aromatic N) is 2. The second-order valence-corrected chi connectivity index (χ2v) is 7.40. The van der Waals surface area contributed by atoms with Crippen molar-refractivity contribution in [2.24, 2.45) is 13.0 Å². The van der Waals surface area contributed by atoms with Gasteiger partial charge in [0.1, 0.15) is 0 Å². The number of aromatic nitrogens is 1. The molecule has 3 rings (SSSR count). The second-order valence-electron chi connectivity index (χ2n) is 7.40. The summed E-state index contributed by atoms with van der Waals surface area (Å²) in [7, 11) is 2.08. The molecule has 1 N–H and O–H groups in total. The highest BCUT2D eigenvalue weighted by atomic mass is 16.4. The number of piperidine rings is 1. The lowest BCUT2D eigenvalue weighted by atomic mass is 9.94. The van der Waals surface area contributed by atoms with Gasteiger partial charge in [-0.15, -0.1) is 0 Å². The maximum Gasteiger partial charge on any atom is 0.307 e. The monoisotopic (exact) mass is 366 g/mol. The number of aryl methyl sites for hydroxylation is 2. The molecule has 1 aromatic carbocycles. The first-order chi connectivity index (χ1) is 13.1. The molecule has 1 saturated heterocycles. The Morgan fingerprint density at radius 1 is 1.26 bits per heavy atom. The van der Waals surface area contributed by atoms with E-state index in [0.717, 1.165) is 38.8 Å². The molecule has 0 saturated carbocycles. The number of benzene rings is 1. The van der Waals surface area contributed by atoms with Gasteiger partial charge in [-0.2, -0.15) is 0 Å². The van der Waals surface area contributed by atoms with Crippen molar-refractivity contribution >= 4 is 11.5 Å². The van der Waals surface area contributed by atoms with Gasteiger partial charge in [0.05, 0.1) is 5.92 Å². The number of hydrogen-bond donors (Lipinski definition) is 1. The summed E-state index contributed by atoms with van der Waals surface area (Å²) < 4.78 is 2.17. The zero-order valence-corrected chi connectivity index (χ0v) is 16.4. The Labute approximate surface area is 162 Å². The van der Waals surface area contributed by atoms with Crippen LogP contribution < -0.4 is 0 Å². The third-order valence-corrected chi connectivity index (χ3v) is 5.56. The summed E-state index contributed by atoms with van der Waals surface area (Å²) in [5.41, 5.74) is 5.14. The van der Waals surface area contributed by atoms with E-state index in [1.165, 1.54) is 22.4 Å². The predicted octanol–water partition coefficient (Wildman–Crippen LogP) is 4.21. The van der Waals surface area contributed by atoms with E-state index in [1.54, 1.807) is 0 Å². The van der Waals surface area contributed by atoms with Crippen molar-refractivity contribution in [3.05, 3.63) is 65.5 Å². The maximum atomic E-state index is 11.3. The fraction of sp³-hybridized carbons (Fsp3) is 0.435. The van der Waals surface area contributed by atoms with Crippen LogP contribution in [-0.4, -0.2) is 40.2 Å². The zero-order valence-electron chi connectivity index (χ0n) is 16.4. The van der Waals surface area contributed by atoms with Crippen LogP contribution in [0, 0.1) is 5.92 Å². The van der Waals surface area contributed by atoms with Crippen LogP contribution in [0.1, 0.15) is 43.0 Å². The van der Waals surface area contributed by atoms with Crippen molar-refractivity contribution < 1.29 is 9.90 Å². The van der Waals surface area contributed by atoms with Crippen LogP contribution in [0.5, 0.6) is 0 Å². The van der Waals surface area contributed by atoms with Crippen molar-refractivity contribution in [2.45, 2.75) is 32.6 Å². The summed E-state index contributed by atoms with van der Waals surface area (Å²) in [5.74, 6) is -0.868. The molecule has 0 bridgehead atoms. The average molecular weight is 367 g/mol. The first kappa shape index (κ1) is 19.4. The number of carboxylic acids is 1. The smallest absolute Gasteiger partial charge is 0.307 e. The molecule has 144 valence electrons. The van der Waals surface area contributed by atoms with Crippen LogP contribution in [0.15, 0.2) is 48.7 Å². The Bertz CT molecular complexity index is 806. The van der Waals surface area contributed by atoms with E-state index < -0.39 is 5.97 Å². The van der Waals surface area contributed by atoms with Gasteiger partial charge >= 0.3 is 5.97 Å². The second kappa shape index (κ2) is 9.05. The summed E-state index contributed by atoms with van der Waals surface area (Å²) >= 11 is 0. The van der Waals surface area contributed by atoms with Gasteiger partial charge in [-0.25, -0.2) is 0 Å². The van der Waals surface area contributed by atoms with Crippen LogP contribution >= 0.6 is 0 Å². The van der Waals surface area contributed by atoms with Gasteiger partial charge in [0.25, 0.3) is 0 Å². The molecule has 1 atom stereocenters. The molecule has 1 aromatic heterocycles. The Hall–Kier alpha value is -2.33. The van der Waals surface area contributed by atoms with Gasteiger partial charge in [-0.3, -0.25) is 4.79 Å². The number of rotatable bonds is 7. The van der Waals surface area contributed by atoms with Crippen LogP contribution in [0.3, 0.4) is 0 Å². The van der Waals surface area contributed by atoms with Gasteiger partial charge in [-0.1, -0.05) is 37.3 Å². The molecule has 1 fully saturated rings. The Kier molecular flexibility index (Phi) is 6.51. The number of carboxylic acid groups (broad SMARTS) is 1. The number of likely N-dealkylation sites (tertiary alicyclic amines) is 1. The van der Waals surface area contributed by atoms with Crippen molar-refractivity contribution in [1.29, 1.82) is 0 Å². The maximum absolute atomic E-state index is 11.3.